The number of aryl methyl sites for hydroxylation is 1. The van der Waals surface area contributed by atoms with Crippen LogP contribution in [0.25, 0.3) is 0 Å². The number of rotatable bonds is 3. The molecule has 4 heterocycles. The molecule has 3 aliphatic rings. The molecular weight excluding hydrogens is 394 g/mol. The molecule has 29 heavy (non-hydrogen) atoms. The lowest BCUT2D eigenvalue weighted by atomic mass is 9.96. The third-order valence-corrected chi connectivity index (χ3v) is 6.23. The fourth-order valence-electron chi connectivity index (χ4n) is 4.42. The second-order valence-corrected chi connectivity index (χ2v) is 8.17. The molecular formula is C19H32ClN7O2. The van der Waals surface area contributed by atoms with Gasteiger partial charge < -0.3 is 15.1 Å². The summed E-state index contributed by atoms with van der Waals surface area (Å²) in [5.74, 6) is 1.61. The van der Waals surface area contributed by atoms with Crippen LogP contribution in [0, 0.1) is 5.92 Å². The van der Waals surface area contributed by atoms with Gasteiger partial charge in [-0.15, -0.1) is 12.4 Å². The van der Waals surface area contributed by atoms with Crippen LogP contribution in [-0.2, 0) is 11.8 Å². The van der Waals surface area contributed by atoms with E-state index >= 15 is 0 Å². The lowest BCUT2D eigenvalue weighted by molar-refractivity contribution is -0.121. The number of nitrogens with zero attached hydrogens (tertiary/aromatic N) is 5. The Labute approximate surface area is 178 Å². The van der Waals surface area contributed by atoms with E-state index in [0.717, 1.165) is 57.7 Å². The maximum Gasteiger partial charge on any atom is 0.319 e. The fraction of sp³-hybridized carbons (Fsp3) is 0.789. The molecule has 3 aliphatic heterocycles. The Morgan fingerprint density at radius 3 is 2.28 bits per heavy atom. The first-order valence-electron chi connectivity index (χ1n) is 10.6. The molecule has 0 aliphatic carbocycles. The molecule has 2 N–H and O–H groups in total. The maximum absolute atomic E-state index is 12.7. The van der Waals surface area contributed by atoms with Crippen LogP contribution in [0.2, 0.25) is 0 Å². The number of anilines is 1. The number of hydrogen-bond donors (Lipinski definition) is 2. The molecule has 0 atom stereocenters. The first kappa shape index (κ1) is 21.8. The van der Waals surface area contributed by atoms with Gasteiger partial charge in [-0.3, -0.25) is 10.1 Å². The second kappa shape index (κ2) is 9.75. The number of carbonyl (C=O) groups excluding carboxylic acids is 2. The Balaban J connectivity index is 0.00000240. The van der Waals surface area contributed by atoms with E-state index in [-0.39, 0.29) is 30.3 Å². The van der Waals surface area contributed by atoms with E-state index in [1.54, 1.807) is 4.68 Å². The van der Waals surface area contributed by atoms with Gasteiger partial charge in [-0.05, 0) is 51.6 Å². The predicted octanol–water partition coefficient (Wildman–Crippen LogP) is 1.57. The zero-order valence-electron chi connectivity index (χ0n) is 17.1. The zero-order chi connectivity index (χ0) is 19.5. The molecule has 9 nitrogen and oxygen atoms in total. The van der Waals surface area contributed by atoms with Crippen LogP contribution in [-0.4, -0.2) is 75.8 Å². The fourth-order valence-corrected chi connectivity index (χ4v) is 4.42. The number of piperidine rings is 2. The van der Waals surface area contributed by atoms with Crippen molar-refractivity contribution in [2.75, 3.05) is 44.6 Å². The van der Waals surface area contributed by atoms with Gasteiger partial charge in [0.15, 0.2) is 5.82 Å². The van der Waals surface area contributed by atoms with Crippen LogP contribution < -0.4 is 10.6 Å². The number of nitrogens with one attached hydrogen (secondary N) is 2. The smallest absolute Gasteiger partial charge is 0.319 e. The van der Waals surface area contributed by atoms with Gasteiger partial charge in [0.05, 0.1) is 0 Å². The van der Waals surface area contributed by atoms with Gasteiger partial charge >= 0.3 is 6.03 Å². The molecule has 10 heteroatoms. The summed E-state index contributed by atoms with van der Waals surface area (Å²) in [4.78, 5) is 33.6. The third kappa shape index (κ3) is 5.01. The van der Waals surface area contributed by atoms with E-state index in [1.807, 2.05) is 16.8 Å². The topological polar surface area (TPSA) is 95.4 Å². The summed E-state index contributed by atoms with van der Waals surface area (Å²) in [5, 5.41) is 10.8. The lowest BCUT2D eigenvalue weighted by Crippen LogP contribution is -2.47. The van der Waals surface area contributed by atoms with Crippen molar-refractivity contribution in [3.63, 3.8) is 0 Å². The number of halogens is 1. The Morgan fingerprint density at radius 2 is 1.62 bits per heavy atom. The zero-order valence-corrected chi connectivity index (χ0v) is 17.9. The molecule has 0 aromatic carbocycles. The quantitative estimate of drug-likeness (QED) is 0.766. The molecule has 0 saturated carbocycles. The van der Waals surface area contributed by atoms with Gasteiger partial charge in [-0.2, -0.15) is 10.1 Å². The highest BCUT2D eigenvalue weighted by Crippen LogP contribution is 2.25. The molecule has 1 aromatic rings. The van der Waals surface area contributed by atoms with Crippen molar-refractivity contribution in [2.45, 2.75) is 44.4 Å². The summed E-state index contributed by atoms with van der Waals surface area (Å²) < 4.78 is 1.67. The average molecular weight is 426 g/mol. The predicted molar refractivity (Wildman–Crippen MR) is 112 cm³/mol. The Hall–Kier alpha value is -1.87. The van der Waals surface area contributed by atoms with E-state index in [4.69, 9.17) is 0 Å². The standard InChI is InChI=1S/C19H31N7O2.ClH/c1-24-18(21-16(23-24)14-4-8-20-9-5-14)22-17(27)15-6-12-26(13-7-15)19(28)25-10-2-3-11-25;/h14-15,20H,2-13H2,1H3,(H,21,22,23,27);1H. The summed E-state index contributed by atoms with van der Waals surface area (Å²) in [6.45, 7) is 4.99. The highest BCUT2D eigenvalue weighted by Gasteiger charge is 2.31. The average Bonchev–Trinajstić information content (AvgIpc) is 3.39. The Bertz CT molecular complexity index is 705. The molecule has 4 rings (SSSR count). The van der Waals surface area contributed by atoms with Gasteiger partial charge in [-0.1, -0.05) is 0 Å². The van der Waals surface area contributed by atoms with Crippen molar-refractivity contribution in [1.82, 2.24) is 29.9 Å². The minimum absolute atomic E-state index is 0. The normalized spacial score (nSPS) is 21.1. The summed E-state index contributed by atoms with van der Waals surface area (Å²) in [6, 6.07) is 0.135. The van der Waals surface area contributed by atoms with Crippen molar-refractivity contribution < 1.29 is 9.59 Å². The van der Waals surface area contributed by atoms with Crippen molar-refractivity contribution in [3.8, 4) is 0 Å². The minimum Gasteiger partial charge on any atom is -0.325 e. The van der Waals surface area contributed by atoms with E-state index < -0.39 is 0 Å². The molecule has 1 aromatic heterocycles. The number of aromatic nitrogens is 3. The third-order valence-electron chi connectivity index (χ3n) is 6.23. The van der Waals surface area contributed by atoms with Crippen LogP contribution in [0.1, 0.15) is 50.3 Å². The minimum atomic E-state index is -0.0818. The Kier molecular flexibility index (Phi) is 7.34. The summed E-state index contributed by atoms with van der Waals surface area (Å²) in [5.41, 5.74) is 0. The van der Waals surface area contributed by atoms with Crippen molar-refractivity contribution in [1.29, 1.82) is 0 Å². The molecule has 3 saturated heterocycles. The highest BCUT2D eigenvalue weighted by molar-refractivity contribution is 5.91. The molecule has 162 valence electrons. The molecule has 0 bridgehead atoms. The molecule has 0 radical (unpaired) electrons. The monoisotopic (exact) mass is 425 g/mol. The molecule has 3 amide bonds. The van der Waals surface area contributed by atoms with E-state index in [2.05, 4.69) is 20.7 Å². The van der Waals surface area contributed by atoms with Crippen molar-refractivity contribution in [3.05, 3.63) is 5.82 Å². The largest absolute Gasteiger partial charge is 0.325 e. The van der Waals surface area contributed by atoms with Gasteiger partial charge in [0.1, 0.15) is 0 Å². The summed E-state index contributed by atoms with van der Waals surface area (Å²) >= 11 is 0. The van der Waals surface area contributed by atoms with Crippen LogP contribution in [0.15, 0.2) is 0 Å². The summed E-state index contributed by atoms with van der Waals surface area (Å²) in [6.07, 6.45) is 5.65. The van der Waals surface area contributed by atoms with Crippen molar-refractivity contribution >= 4 is 30.3 Å². The van der Waals surface area contributed by atoms with Crippen LogP contribution >= 0.6 is 12.4 Å². The van der Waals surface area contributed by atoms with E-state index in [0.29, 0.717) is 37.8 Å². The van der Waals surface area contributed by atoms with Crippen LogP contribution in [0.3, 0.4) is 0 Å². The van der Waals surface area contributed by atoms with Crippen molar-refractivity contribution in [2.24, 2.45) is 13.0 Å². The number of urea groups is 1. The number of carbonyl (C=O) groups is 2. The Morgan fingerprint density at radius 1 is 1.00 bits per heavy atom. The second-order valence-electron chi connectivity index (χ2n) is 8.17. The maximum atomic E-state index is 12.7. The first-order valence-corrected chi connectivity index (χ1v) is 10.6. The number of hydrogen-bond acceptors (Lipinski definition) is 5. The van der Waals surface area contributed by atoms with E-state index in [9.17, 15) is 9.59 Å². The highest BCUT2D eigenvalue weighted by atomic mass is 35.5. The first-order chi connectivity index (χ1) is 13.6. The lowest BCUT2D eigenvalue weighted by Gasteiger charge is -2.33. The van der Waals surface area contributed by atoms with Gasteiger partial charge in [0, 0.05) is 45.1 Å². The SMILES string of the molecule is Cl.Cn1nc(C2CCNCC2)nc1NC(=O)C1CCN(C(=O)N2CCCC2)CC1. The van der Waals surface area contributed by atoms with Crippen LogP contribution in [0.4, 0.5) is 10.7 Å². The number of amides is 3. The summed E-state index contributed by atoms with van der Waals surface area (Å²) in [7, 11) is 1.82. The molecule has 0 spiro atoms. The van der Waals surface area contributed by atoms with Gasteiger partial charge in [0.2, 0.25) is 11.9 Å². The van der Waals surface area contributed by atoms with Gasteiger partial charge in [0.25, 0.3) is 0 Å². The molecule has 3 fully saturated rings. The van der Waals surface area contributed by atoms with Crippen LogP contribution in [0.5, 0.6) is 0 Å². The van der Waals surface area contributed by atoms with Gasteiger partial charge in [-0.25, -0.2) is 9.48 Å². The number of likely N-dealkylation sites (tertiary alicyclic amines) is 2. The molecule has 0 unspecified atom stereocenters. The van der Waals surface area contributed by atoms with E-state index in [1.165, 1.54) is 0 Å².